The minimum Gasteiger partial charge on any atom is -0.505 e. The van der Waals surface area contributed by atoms with E-state index in [0.717, 1.165) is 19.3 Å². The summed E-state index contributed by atoms with van der Waals surface area (Å²) in [5.41, 5.74) is -0.511. The van der Waals surface area contributed by atoms with Gasteiger partial charge in [0.25, 0.3) is 5.91 Å². The predicted molar refractivity (Wildman–Crippen MR) is 57.0 cm³/mol. The Morgan fingerprint density at radius 1 is 1.56 bits per heavy atom. The van der Waals surface area contributed by atoms with E-state index in [1.54, 1.807) is 6.07 Å². The van der Waals surface area contributed by atoms with Crippen molar-refractivity contribution in [2.45, 2.75) is 24.8 Å². The molecule has 1 aliphatic rings. The average Bonchev–Trinajstić information content (AvgIpc) is 2.24. The van der Waals surface area contributed by atoms with Gasteiger partial charge in [-0.15, -0.1) is 0 Å². The zero-order valence-electron chi connectivity index (χ0n) is 8.81. The van der Waals surface area contributed by atoms with Gasteiger partial charge in [-0.3, -0.25) is 4.79 Å². The Labute approximate surface area is 93.1 Å². The second-order valence-corrected chi connectivity index (χ2v) is 4.12. The molecule has 1 fully saturated rings. The van der Waals surface area contributed by atoms with Gasteiger partial charge in [0.2, 0.25) is 0 Å². The molecule has 16 heavy (non-hydrogen) atoms. The summed E-state index contributed by atoms with van der Waals surface area (Å²) in [6, 6.07) is 2.96. The van der Waals surface area contributed by atoms with Gasteiger partial charge in [-0.2, -0.15) is 0 Å². The Kier molecular flexibility index (Phi) is 2.78. The van der Waals surface area contributed by atoms with Gasteiger partial charge < -0.3 is 15.5 Å². The smallest absolute Gasteiger partial charge is 0.274 e. The van der Waals surface area contributed by atoms with E-state index in [0.29, 0.717) is 0 Å². The monoisotopic (exact) mass is 222 g/mol. The summed E-state index contributed by atoms with van der Waals surface area (Å²) in [6.45, 7) is -0.0770. The molecule has 1 heterocycles. The first-order valence-corrected chi connectivity index (χ1v) is 5.24. The van der Waals surface area contributed by atoms with Gasteiger partial charge >= 0.3 is 0 Å². The van der Waals surface area contributed by atoms with E-state index in [2.05, 4.69) is 10.3 Å². The van der Waals surface area contributed by atoms with Crippen molar-refractivity contribution in [3.05, 3.63) is 24.0 Å². The minimum atomic E-state index is -0.513. The van der Waals surface area contributed by atoms with E-state index >= 15 is 0 Å². The minimum absolute atomic E-state index is 0.00206. The molecule has 0 aromatic carbocycles. The number of nitrogens with one attached hydrogen (secondary N) is 1. The normalized spacial score (nSPS) is 17.6. The fourth-order valence-electron chi connectivity index (χ4n) is 1.80. The lowest BCUT2D eigenvalue weighted by Gasteiger charge is -2.40. The number of carbonyl (C=O) groups excluding carboxylic acids is 1. The average molecular weight is 222 g/mol. The van der Waals surface area contributed by atoms with Crippen LogP contribution in [0.4, 0.5) is 0 Å². The largest absolute Gasteiger partial charge is 0.505 e. The molecule has 0 radical (unpaired) electrons. The number of pyridine rings is 1. The van der Waals surface area contributed by atoms with Crippen molar-refractivity contribution < 1.29 is 15.0 Å². The molecule has 2 rings (SSSR count). The van der Waals surface area contributed by atoms with E-state index in [9.17, 15) is 15.0 Å². The van der Waals surface area contributed by atoms with Crippen LogP contribution in [0.15, 0.2) is 18.3 Å². The predicted octanol–water partition coefficient (Wildman–Crippen LogP) is 0.432. The van der Waals surface area contributed by atoms with Crippen LogP contribution in [0.25, 0.3) is 0 Å². The third-order valence-electron chi connectivity index (χ3n) is 2.99. The molecule has 0 bridgehead atoms. The Bertz CT molecular complexity index is 396. The summed E-state index contributed by atoms with van der Waals surface area (Å²) >= 11 is 0. The molecule has 1 aromatic heterocycles. The molecule has 1 aliphatic carbocycles. The molecule has 0 saturated heterocycles. The van der Waals surface area contributed by atoms with Crippen LogP contribution in [0.2, 0.25) is 0 Å². The second-order valence-electron chi connectivity index (χ2n) is 4.12. The molecule has 1 amide bonds. The van der Waals surface area contributed by atoms with Crippen molar-refractivity contribution in [2.24, 2.45) is 0 Å². The van der Waals surface area contributed by atoms with E-state index < -0.39 is 11.4 Å². The molecule has 86 valence electrons. The number of aromatic hydroxyl groups is 1. The maximum atomic E-state index is 11.8. The summed E-state index contributed by atoms with van der Waals surface area (Å²) in [4.78, 5) is 15.6. The number of aromatic nitrogens is 1. The van der Waals surface area contributed by atoms with Gasteiger partial charge in [-0.1, -0.05) is 0 Å². The van der Waals surface area contributed by atoms with Gasteiger partial charge in [0.15, 0.2) is 5.69 Å². The van der Waals surface area contributed by atoms with Gasteiger partial charge in [-0.25, -0.2) is 4.98 Å². The molecule has 0 unspecified atom stereocenters. The van der Waals surface area contributed by atoms with Crippen LogP contribution >= 0.6 is 0 Å². The highest BCUT2D eigenvalue weighted by atomic mass is 16.3. The van der Waals surface area contributed by atoms with Crippen LogP contribution in [-0.2, 0) is 0 Å². The number of nitrogens with zero attached hydrogens (tertiary/aromatic N) is 1. The van der Waals surface area contributed by atoms with Crippen molar-refractivity contribution in [2.75, 3.05) is 6.61 Å². The summed E-state index contributed by atoms with van der Waals surface area (Å²) in [5.74, 6) is -0.584. The highest BCUT2D eigenvalue weighted by Crippen LogP contribution is 2.31. The Morgan fingerprint density at radius 3 is 2.81 bits per heavy atom. The van der Waals surface area contributed by atoms with Crippen LogP contribution in [-0.4, -0.2) is 33.3 Å². The Balaban J connectivity index is 2.11. The molecule has 0 atom stereocenters. The maximum absolute atomic E-state index is 11.8. The first kappa shape index (κ1) is 10.9. The van der Waals surface area contributed by atoms with Crippen molar-refractivity contribution in [1.82, 2.24) is 10.3 Å². The van der Waals surface area contributed by atoms with E-state index in [4.69, 9.17) is 0 Å². The maximum Gasteiger partial charge on any atom is 0.274 e. The molecule has 3 N–H and O–H groups in total. The number of amides is 1. The molecule has 5 heteroatoms. The lowest BCUT2D eigenvalue weighted by atomic mass is 9.77. The number of aliphatic hydroxyl groups is 1. The third kappa shape index (κ3) is 1.86. The zero-order chi connectivity index (χ0) is 11.6. The number of hydrogen-bond acceptors (Lipinski definition) is 4. The van der Waals surface area contributed by atoms with Crippen LogP contribution in [0.5, 0.6) is 5.75 Å². The summed E-state index contributed by atoms with van der Waals surface area (Å²) in [5, 5.41) is 21.4. The van der Waals surface area contributed by atoms with Crippen molar-refractivity contribution in [3.63, 3.8) is 0 Å². The van der Waals surface area contributed by atoms with Gasteiger partial charge in [0.05, 0.1) is 12.1 Å². The molecule has 0 aliphatic heterocycles. The molecule has 1 saturated carbocycles. The first-order valence-electron chi connectivity index (χ1n) is 5.24. The zero-order valence-corrected chi connectivity index (χ0v) is 8.81. The van der Waals surface area contributed by atoms with E-state index in [1.807, 2.05) is 0 Å². The fraction of sp³-hybridized carbons (Fsp3) is 0.455. The number of aliphatic hydroxyl groups excluding tert-OH is 1. The van der Waals surface area contributed by atoms with Crippen LogP contribution in [0.3, 0.4) is 0 Å². The molecule has 5 nitrogen and oxygen atoms in total. The van der Waals surface area contributed by atoms with Crippen molar-refractivity contribution in [1.29, 1.82) is 0 Å². The highest BCUT2D eigenvalue weighted by Gasteiger charge is 2.38. The Hall–Kier alpha value is -1.62. The molecular formula is C11H14N2O3. The van der Waals surface area contributed by atoms with Crippen molar-refractivity contribution >= 4 is 5.91 Å². The van der Waals surface area contributed by atoms with Gasteiger partial charge in [0.1, 0.15) is 5.75 Å². The van der Waals surface area contributed by atoms with Crippen LogP contribution in [0, 0.1) is 0 Å². The quantitative estimate of drug-likeness (QED) is 0.692. The molecule has 0 spiro atoms. The Morgan fingerprint density at radius 2 is 2.31 bits per heavy atom. The van der Waals surface area contributed by atoms with Gasteiger partial charge in [-0.05, 0) is 31.4 Å². The highest BCUT2D eigenvalue weighted by molar-refractivity contribution is 5.95. The lowest BCUT2D eigenvalue weighted by molar-refractivity contribution is 0.0635. The summed E-state index contributed by atoms with van der Waals surface area (Å²) in [6.07, 6.45) is 3.97. The van der Waals surface area contributed by atoms with E-state index in [1.165, 1.54) is 12.3 Å². The summed E-state index contributed by atoms with van der Waals surface area (Å²) < 4.78 is 0. The molecule has 1 aromatic rings. The third-order valence-corrected chi connectivity index (χ3v) is 2.99. The van der Waals surface area contributed by atoms with E-state index in [-0.39, 0.29) is 18.1 Å². The van der Waals surface area contributed by atoms with Gasteiger partial charge in [0, 0.05) is 6.20 Å². The number of hydrogen-bond donors (Lipinski definition) is 3. The van der Waals surface area contributed by atoms with Crippen LogP contribution in [0.1, 0.15) is 29.8 Å². The van der Waals surface area contributed by atoms with Crippen LogP contribution < -0.4 is 5.32 Å². The lowest BCUT2D eigenvalue weighted by Crippen LogP contribution is -2.56. The summed E-state index contributed by atoms with van der Waals surface area (Å²) in [7, 11) is 0. The second kappa shape index (κ2) is 4.09. The van der Waals surface area contributed by atoms with Crippen molar-refractivity contribution in [3.8, 4) is 5.75 Å². The topological polar surface area (TPSA) is 82.5 Å². The first-order chi connectivity index (χ1) is 7.67. The molecular weight excluding hydrogens is 208 g/mol. The standard InChI is InChI=1S/C11H14N2O3/c14-7-11(4-2-5-11)13-10(16)9-8(15)3-1-6-12-9/h1,3,6,14-15H,2,4-5,7H2,(H,13,16). The number of carbonyl (C=O) groups is 1. The number of rotatable bonds is 3. The SMILES string of the molecule is O=C(NC1(CO)CCC1)c1ncccc1O. The fourth-order valence-corrected chi connectivity index (χ4v) is 1.80.